The van der Waals surface area contributed by atoms with Crippen LogP contribution in [0.4, 0.5) is 5.69 Å². The topological polar surface area (TPSA) is 78.8 Å². The summed E-state index contributed by atoms with van der Waals surface area (Å²) < 4.78 is 3.13. The van der Waals surface area contributed by atoms with Gasteiger partial charge in [-0.25, -0.2) is 0 Å². The Morgan fingerprint density at radius 2 is 2.00 bits per heavy atom. The monoisotopic (exact) mass is 317 g/mol. The van der Waals surface area contributed by atoms with Crippen molar-refractivity contribution in [2.75, 3.05) is 0 Å². The van der Waals surface area contributed by atoms with Crippen molar-refractivity contribution in [1.82, 2.24) is 19.6 Å². The molecule has 0 fully saturated rings. The van der Waals surface area contributed by atoms with Crippen molar-refractivity contribution >= 4 is 17.3 Å². The van der Waals surface area contributed by atoms with Crippen LogP contribution < -0.4 is 0 Å². The molecule has 1 aromatic carbocycles. The van der Waals surface area contributed by atoms with Gasteiger partial charge in [-0.05, 0) is 17.7 Å². The van der Waals surface area contributed by atoms with Crippen molar-refractivity contribution in [3.63, 3.8) is 0 Å². The molecule has 0 unspecified atom stereocenters. The second kappa shape index (κ2) is 5.61. The minimum absolute atomic E-state index is 0.0398. The summed E-state index contributed by atoms with van der Waals surface area (Å²) in [6, 6.07) is 7.27. The van der Waals surface area contributed by atoms with Crippen LogP contribution >= 0.6 is 11.6 Å². The largest absolute Gasteiger partial charge is 0.315 e. The maximum atomic E-state index is 11.2. The van der Waals surface area contributed by atoms with E-state index in [9.17, 15) is 10.1 Å². The Morgan fingerprint density at radius 3 is 2.59 bits per heavy atom. The van der Waals surface area contributed by atoms with E-state index in [-0.39, 0.29) is 5.69 Å². The van der Waals surface area contributed by atoms with E-state index in [4.69, 9.17) is 11.6 Å². The fraction of sp³-hybridized carbons (Fsp3) is 0.143. The third kappa shape index (κ3) is 2.84. The number of halogens is 1. The number of hydrogen-bond donors (Lipinski definition) is 0. The molecule has 0 amide bonds. The lowest BCUT2D eigenvalue weighted by atomic mass is 10.2. The first-order valence-corrected chi connectivity index (χ1v) is 6.86. The van der Waals surface area contributed by atoms with E-state index in [2.05, 4.69) is 10.2 Å². The SMILES string of the molecule is Cn1cc(-c2nn(Cc3ccc(Cl)cc3)cc2[N+](=O)[O-])cn1. The normalized spacial score (nSPS) is 10.8. The molecule has 8 heteroatoms. The summed E-state index contributed by atoms with van der Waals surface area (Å²) in [5.74, 6) is 0. The first-order valence-electron chi connectivity index (χ1n) is 6.48. The molecule has 3 aromatic rings. The van der Waals surface area contributed by atoms with Crippen LogP contribution in [0.5, 0.6) is 0 Å². The highest BCUT2D eigenvalue weighted by Gasteiger charge is 2.22. The standard InChI is InChI=1S/C14H12ClN5O2/c1-18-8-11(6-16-18)14-13(20(21)22)9-19(17-14)7-10-2-4-12(15)5-3-10/h2-6,8-9H,7H2,1H3. The maximum Gasteiger partial charge on any atom is 0.315 e. The number of benzene rings is 1. The lowest BCUT2D eigenvalue weighted by Crippen LogP contribution is -2.00. The third-order valence-corrected chi connectivity index (χ3v) is 3.43. The Morgan fingerprint density at radius 1 is 1.27 bits per heavy atom. The van der Waals surface area contributed by atoms with E-state index >= 15 is 0 Å². The zero-order valence-corrected chi connectivity index (χ0v) is 12.4. The molecule has 0 saturated carbocycles. The molecule has 0 N–H and O–H groups in total. The first-order chi connectivity index (χ1) is 10.5. The summed E-state index contributed by atoms with van der Waals surface area (Å²) in [6.45, 7) is 0.429. The van der Waals surface area contributed by atoms with Crippen molar-refractivity contribution in [2.24, 2.45) is 7.05 Å². The summed E-state index contributed by atoms with van der Waals surface area (Å²) in [4.78, 5) is 10.8. The molecule has 7 nitrogen and oxygen atoms in total. The van der Waals surface area contributed by atoms with E-state index in [1.54, 1.807) is 40.9 Å². The maximum absolute atomic E-state index is 11.2. The summed E-state index contributed by atoms with van der Waals surface area (Å²) >= 11 is 5.85. The number of rotatable bonds is 4. The molecule has 22 heavy (non-hydrogen) atoms. The van der Waals surface area contributed by atoms with Crippen LogP contribution in [0.2, 0.25) is 5.02 Å². The molecule has 0 aliphatic rings. The summed E-state index contributed by atoms with van der Waals surface area (Å²) in [5.41, 5.74) is 1.85. The Labute approximate surface area is 130 Å². The van der Waals surface area contributed by atoms with Crippen LogP contribution in [0.3, 0.4) is 0 Å². The van der Waals surface area contributed by atoms with Gasteiger partial charge in [0.1, 0.15) is 6.20 Å². The van der Waals surface area contributed by atoms with Gasteiger partial charge < -0.3 is 0 Å². The molecule has 0 bridgehead atoms. The molecule has 112 valence electrons. The Hall–Kier alpha value is -2.67. The highest BCUT2D eigenvalue weighted by molar-refractivity contribution is 6.30. The predicted molar refractivity (Wildman–Crippen MR) is 81.6 cm³/mol. The molecule has 0 radical (unpaired) electrons. The average molecular weight is 318 g/mol. The van der Waals surface area contributed by atoms with Crippen LogP contribution in [0.25, 0.3) is 11.3 Å². The summed E-state index contributed by atoms with van der Waals surface area (Å²) in [7, 11) is 1.75. The van der Waals surface area contributed by atoms with Gasteiger partial charge in [0.25, 0.3) is 0 Å². The van der Waals surface area contributed by atoms with E-state index < -0.39 is 4.92 Å². The summed E-state index contributed by atoms with van der Waals surface area (Å²) in [5, 5.41) is 20.2. The zero-order valence-electron chi connectivity index (χ0n) is 11.7. The third-order valence-electron chi connectivity index (χ3n) is 3.18. The molecule has 3 rings (SSSR count). The number of hydrogen-bond acceptors (Lipinski definition) is 4. The van der Waals surface area contributed by atoms with Crippen molar-refractivity contribution in [1.29, 1.82) is 0 Å². The van der Waals surface area contributed by atoms with Crippen LogP contribution in [0.15, 0.2) is 42.9 Å². The van der Waals surface area contributed by atoms with Gasteiger partial charge in [-0.15, -0.1) is 0 Å². The van der Waals surface area contributed by atoms with Crippen molar-refractivity contribution < 1.29 is 4.92 Å². The minimum Gasteiger partial charge on any atom is -0.275 e. The van der Waals surface area contributed by atoms with Gasteiger partial charge in [-0.1, -0.05) is 23.7 Å². The Bertz CT molecular complexity index is 822. The second-order valence-electron chi connectivity index (χ2n) is 4.85. The van der Waals surface area contributed by atoms with Crippen molar-refractivity contribution in [2.45, 2.75) is 6.54 Å². The fourth-order valence-electron chi connectivity index (χ4n) is 2.15. The Kier molecular flexibility index (Phi) is 3.64. The number of nitro groups is 1. The highest BCUT2D eigenvalue weighted by atomic mass is 35.5. The highest BCUT2D eigenvalue weighted by Crippen LogP contribution is 2.28. The molecule has 0 spiro atoms. The van der Waals surface area contributed by atoms with Crippen LogP contribution in [0, 0.1) is 10.1 Å². The summed E-state index contributed by atoms with van der Waals surface area (Å²) in [6.07, 6.45) is 4.68. The van der Waals surface area contributed by atoms with Crippen LogP contribution in [-0.2, 0) is 13.6 Å². The average Bonchev–Trinajstić information content (AvgIpc) is 3.07. The van der Waals surface area contributed by atoms with Gasteiger partial charge in [0.2, 0.25) is 0 Å². The smallest absolute Gasteiger partial charge is 0.275 e. The molecule has 2 aromatic heterocycles. The predicted octanol–water partition coefficient (Wildman–Crippen LogP) is 2.89. The van der Waals surface area contributed by atoms with Gasteiger partial charge >= 0.3 is 5.69 Å². The van der Waals surface area contributed by atoms with Gasteiger partial charge in [0.15, 0.2) is 5.69 Å². The van der Waals surface area contributed by atoms with E-state index in [1.807, 2.05) is 12.1 Å². The number of aryl methyl sites for hydroxylation is 1. The minimum atomic E-state index is -0.437. The van der Waals surface area contributed by atoms with Gasteiger partial charge in [-0.2, -0.15) is 10.2 Å². The molecule has 0 saturated heterocycles. The molecule has 0 aliphatic carbocycles. The van der Waals surface area contributed by atoms with Crippen LogP contribution in [0.1, 0.15) is 5.56 Å². The second-order valence-corrected chi connectivity index (χ2v) is 5.28. The molecule has 2 heterocycles. The quantitative estimate of drug-likeness (QED) is 0.547. The van der Waals surface area contributed by atoms with Crippen LogP contribution in [-0.4, -0.2) is 24.5 Å². The first kappa shape index (κ1) is 14.3. The molecular weight excluding hydrogens is 306 g/mol. The lowest BCUT2D eigenvalue weighted by Gasteiger charge is -2.01. The lowest BCUT2D eigenvalue weighted by molar-refractivity contribution is -0.384. The van der Waals surface area contributed by atoms with Gasteiger partial charge in [0, 0.05) is 23.8 Å². The fourth-order valence-corrected chi connectivity index (χ4v) is 2.28. The van der Waals surface area contributed by atoms with Gasteiger partial charge in [-0.3, -0.25) is 19.5 Å². The van der Waals surface area contributed by atoms with E-state index in [0.29, 0.717) is 22.8 Å². The number of nitrogens with zero attached hydrogens (tertiary/aromatic N) is 5. The zero-order chi connectivity index (χ0) is 15.7. The van der Waals surface area contributed by atoms with E-state index in [1.165, 1.54) is 6.20 Å². The van der Waals surface area contributed by atoms with Gasteiger partial charge in [0.05, 0.1) is 17.7 Å². The Balaban J connectivity index is 1.96. The number of aromatic nitrogens is 4. The van der Waals surface area contributed by atoms with Crippen molar-refractivity contribution in [3.8, 4) is 11.3 Å². The molecule has 0 aliphatic heterocycles. The van der Waals surface area contributed by atoms with Crippen molar-refractivity contribution in [3.05, 3.63) is 63.6 Å². The molecular formula is C14H12ClN5O2. The van der Waals surface area contributed by atoms with E-state index in [0.717, 1.165) is 5.56 Å². The molecule has 0 atom stereocenters.